The van der Waals surface area contributed by atoms with E-state index in [0.717, 1.165) is 22.2 Å². The summed E-state index contributed by atoms with van der Waals surface area (Å²) in [5, 5.41) is 24.7. The molecule has 2 N–H and O–H groups in total. The van der Waals surface area contributed by atoms with Crippen LogP contribution >= 0.6 is 0 Å². The largest absolute Gasteiger partial charge is 0.393 e. The molecule has 0 aromatic heterocycles. The number of allylic oxidation sites excluding steroid dienone is 1. The van der Waals surface area contributed by atoms with Crippen molar-refractivity contribution in [3.05, 3.63) is 53.2 Å². The number of nitrogens with zero attached hydrogens (tertiary/aromatic N) is 2. The van der Waals surface area contributed by atoms with Gasteiger partial charge in [0.1, 0.15) is 0 Å². The van der Waals surface area contributed by atoms with Gasteiger partial charge in [0, 0.05) is 34.6 Å². The number of anilines is 1. The number of aliphatic hydroxyl groups excluding tert-OH is 1. The number of benzene rings is 2. The monoisotopic (exact) mass is 361 g/mol. The van der Waals surface area contributed by atoms with E-state index in [1.165, 1.54) is 5.57 Å². The highest BCUT2D eigenvalue weighted by atomic mass is 16.3. The first-order valence-electron chi connectivity index (χ1n) is 9.32. The molecule has 0 spiro atoms. The van der Waals surface area contributed by atoms with Crippen LogP contribution in [0.25, 0.3) is 10.8 Å². The molecule has 4 rings (SSSR count). The second kappa shape index (κ2) is 6.40. The number of nitrogens with one attached hydrogen (secondary N) is 1. The van der Waals surface area contributed by atoms with Crippen LogP contribution in [-0.4, -0.2) is 34.6 Å². The van der Waals surface area contributed by atoms with Gasteiger partial charge in [0.25, 0.3) is 0 Å². The Bertz CT molecular complexity index is 1000. The van der Waals surface area contributed by atoms with Crippen LogP contribution in [0, 0.1) is 23.2 Å². The maximum Gasteiger partial charge on any atom is 0.234 e. The smallest absolute Gasteiger partial charge is 0.234 e. The van der Waals surface area contributed by atoms with Crippen LogP contribution in [0.1, 0.15) is 26.3 Å². The molecule has 4 atom stereocenters. The molecule has 1 amide bonds. The van der Waals surface area contributed by atoms with Crippen molar-refractivity contribution in [2.45, 2.75) is 32.9 Å². The van der Waals surface area contributed by atoms with E-state index in [2.05, 4.69) is 18.3 Å². The first kappa shape index (κ1) is 17.6. The number of fused-ring (bicyclic) bond motifs is 2. The van der Waals surface area contributed by atoms with Gasteiger partial charge in [-0.2, -0.15) is 5.26 Å². The van der Waals surface area contributed by atoms with Gasteiger partial charge in [0.05, 0.1) is 29.7 Å². The summed E-state index contributed by atoms with van der Waals surface area (Å²) in [6.45, 7) is 6.45. The molecule has 1 fully saturated rings. The van der Waals surface area contributed by atoms with E-state index < -0.39 is 6.10 Å². The summed E-state index contributed by atoms with van der Waals surface area (Å²) >= 11 is 0. The zero-order chi connectivity index (χ0) is 19.3. The Kier molecular flexibility index (Phi) is 4.16. The number of nitriles is 1. The Morgan fingerprint density at radius 1 is 1.26 bits per heavy atom. The van der Waals surface area contributed by atoms with Crippen LogP contribution in [0.4, 0.5) is 5.69 Å². The van der Waals surface area contributed by atoms with E-state index in [1.54, 1.807) is 6.92 Å². The van der Waals surface area contributed by atoms with E-state index in [0.29, 0.717) is 12.1 Å². The predicted molar refractivity (Wildman–Crippen MR) is 105 cm³/mol. The molecular weight excluding hydrogens is 338 g/mol. The van der Waals surface area contributed by atoms with Crippen LogP contribution in [-0.2, 0) is 4.79 Å². The lowest BCUT2D eigenvalue weighted by molar-refractivity contribution is -0.159. The fourth-order valence-electron chi connectivity index (χ4n) is 4.67. The van der Waals surface area contributed by atoms with Gasteiger partial charge in [0.2, 0.25) is 5.91 Å². The second-order valence-corrected chi connectivity index (χ2v) is 7.54. The third-order valence-corrected chi connectivity index (χ3v) is 6.11. The highest BCUT2D eigenvalue weighted by Gasteiger charge is 2.57. The molecule has 1 saturated heterocycles. The van der Waals surface area contributed by atoms with Crippen molar-refractivity contribution in [3.8, 4) is 6.07 Å². The molecule has 2 aromatic carbocycles. The maximum atomic E-state index is 12.4. The summed E-state index contributed by atoms with van der Waals surface area (Å²) in [6.07, 6.45) is -0.622. The van der Waals surface area contributed by atoms with Gasteiger partial charge in [-0.25, -0.2) is 0 Å². The number of carbonyl (C=O) groups is 1. The average Bonchev–Trinajstić information content (AvgIpc) is 2.85. The number of aliphatic hydroxyl groups is 1. The summed E-state index contributed by atoms with van der Waals surface area (Å²) in [5.74, 6) is -0.0687. The van der Waals surface area contributed by atoms with Crippen molar-refractivity contribution >= 4 is 22.4 Å². The summed E-state index contributed by atoms with van der Waals surface area (Å²) in [5.41, 5.74) is 3.84. The van der Waals surface area contributed by atoms with Crippen LogP contribution in [0.2, 0.25) is 0 Å². The summed E-state index contributed by atoms with van der Waals surface area (Å²) in [7, 11) is 0. The first-order valence-corrected chi connectivity index (χ1v) is 9.32. The van der Waals surface area contributed by atoms with Crippen molar-refractivity contribution in [2.24, 2.45) is 11.8 Å². The molecular formula is C22H23N3O2. The average molecular weight is 361 g/mol. The number of rotatable bonds is 4. The SMILES string of the molecule is CC1=C(CNc2ccc(C#N)c3ccccc23)[C@H](C)[C@@H]2[C@@H]([C@@H](C)O)C(=O)N12. The maximum absolute atomic E-state index is 12.4. The van der Waals surface area contributed by atoms with Crippen molar-refractivity contribution in [2.75, 3.05) is 11.9 Å². The topological polar surface area (TPSA) is 76.4 Å². The first-order chi connectivity index (χ1) is 13.0. The molecule has 2 heterocycles. The molecule has 5 heteroatoms. The number of carbonyl (C=O) groups excluding carboxylic acids is 1. The van der Waals surface area contributed by atoms with E-state index in [-0.39, 0.29) is 23.8 Å². The lowest BCUT2D eigenvalue weighted by Crippen LogP contribution is -2.62. The van der Waals surface area contributed by atoms with Gasteiger partial charge in [-0.15, -0.1) is 0 Å². The molecule has 0 unspecified atom stereocenters. The van der Waals surface area contributed by atoms with E-state index in [1.807, 2.05) is 48.2 Å². The van der Waals surface area contributed by atoms with Crippen molar-refractivity contribution < 1.29 is 9.90 Å². The van der Waals surface area contributed by atoms with E-state index in [4.69, 9.17) is 0 Å². The van der Waals surface area contributed by atoms with Crippen LogP contribution in [0.15, 0.2) is 47.7 Å². The lowest BCUT2D eigenvalue weighted by atomic mass is 9.78. The van der Waals surface area contributed by atoms with E-state index >= 15 is 0 Å². The molecule has 2 aliphatic rings. The van der Waals surface area contributed by atoms with Crippen LogP contribution in [0.5, 0.6) is 0 Å². The summed E-state index contributed by atoms with van der Waals surface area (Å²) in [6, 6.07) is 14.0. The van der Waals surface area contributed by atoms with Crippen LogP contribution in [0.3, 0.4) is 0 Å². The number of hydrogen-bond donors (Lipinski definition) is 2. The predicted octanol–water partition coefficient (Wildman–Crippen LogP) is 3.25. The van der Waals surface area contributed by atoms with Gasteiger partial charge in [-0.05, 0) is 31.6 Å². The third-order valence-electron chi connectivity index (χ3n) is 6.11. The molecule has 138 valence electrons. The number of hydrogen-bond acceptors (Lipinski definition) is 4. The lowest BCUT2D eigenvalue weighted by Gasteiger charge is -2.46. The van der Waals surface area contributed by atoms with Gasteiger partial charge in [-0.3, -0.25) is 4.79 Å². The van der Waals surface area contributed by atoms with Crippen LogP contribution < -0.4 is 5.32 Å². The Balaban J connectivity index is 1.60. The normalized spacial score (nSPS) is 25.2. The fraction of sp³-hybridized carbons (Fsp3) is 0.364. The highest BCUT2D eigenvalue weighted by Crippen LogP contribution is 2.46. The third kappa shape index (κ3) is 2.52. The van der Waals surface area contributed by atoms with E-state index in [9.17, 15) is 15.2 Å². The molecule has 27 heavy (non-hydrogen) atoms. The zero-order valence-electron chi connectivity index (χ0n) is 15.7. The molecule has 0 aliphatic carbocycles. The summed E-state index contributed by atoms with van der Waals surface area (Å²) < 4.78 is 0. The minimum absolute atomic E-state index is 0.0261. The Hall–Kier alpha value is -2.84. The van der Waals surface area contributed by atoms with Crippen molar-refractivity contribution in [1.29, 1.82) is 5.26 Å². The Labute approximate surface area is 158 Å². The minimum Gasteiger partial charge on any atom is -0.393 e. The number of β-lactam (4-membered cyclic amide) rings is 1. The zero-order valence-corrected chi connectivity index (χ0v) is 15.7. The quantitative estimate of drug-likeness (QED) is 0.820. The molecule has 5 nitrogen and oxygen atoms in total. The fourth-order valence-corrected chi connectivity index (χ4v) is 4.67. The second-order valence-electron chi connectivity index (χ2n) is 7.54. The van der Waals surface area contributed by atoms with Gasteiger partial charge >= 0.3 is 0 Å². The van der Waals surface area contributed by atoms with Gasteiger partial charge < -0.3 is 15.3 Å². The van der Waals surface area contributed by atoms with Gasteiger partial charge in [-0.1, -0.05) is 31.2 Å². The Morgan fingerprint density at radius 2 is 1.96 bits per heavy atom. The highest BCUT2D eigenvalue weighted by molar-refractivity contribution is 5.97. The molecule has 2 aliphatic heterocycles. The molecule has 0 saturated carbocycles. The molecule has 0 radical (unpaired) electrons. The standard InChI is InChI=1S/C22H23N3O2/c1-12-18(13(2)25-21(12)20(14(3)26)22(25)27)11-24-19-9-8-15(10-23)16-6-4-5-7-17(16)19/h4-9,12,14,20-21,24,26H,11H2,1-3H3/t12-,14+,20+,21+/m0/s1. The van der Waals surface area contributed by atoms with Crippen molar-refractivity contribution in [1.82, 2.24) is 4.90 Å². The molecule has 0 bridgehead atoms. The van der Waals surface area contributed by atoms with Crippen molar-refractivity contribution in [3.63, 3.8) is 0 Å². The molecule has 2 aromatic rings. The minimum atomic E-state index is -0.622. The van der Waals surface area contributed by atoms with Gasteiger partial charge in [0.15, 0.2) is 0 Å². The Morgan fingerprint density at radius 3 is 2.63 bits per heavy atom. The number of amides is 1. The summed E-state index contributed by atoms with van der Waals surface area (Å²) in [4.78, 5) is 14.2.